The molecule has 0 unspecified atom stereocenters. The first-order valence-electron chi connectivity index (χ1n) is 10.8. The maximum absolute atomic E-state index is 14.4. The first-order valence-corrected chi connectivity index (χ1v) is 10.8. The molecule has 0 saturated heterocycles. The van der Waals surface area contributed by atoms with Gasteiger partial charge < -0.3 is 20.1 Å². The van der Waals surface area contributed by atoms with Crippen LogP contribution in [0.1, 0.15) is 43.0 Å². The quantitative estimate of drug-likeness (QED) is 0.665. The van der Waals surface area contributed by atoms with E-state index in [1.807, 2.05) is 38.1 Å². The number of urea groups is 1. The second-order valence-electron chi connectivity index (χ2n) is 7.68. The molecule has 6 nitrogen and oxygen atoms in total. The molecule has 1 aliphatic rings. The van der Waals surface area contributed by atoms with Crippen LogP contribution in [0.3, 0.4) is 0 Å². The largest absolute Gasteiger partial charge is 0.493 e. The molecule has 0 fully saturated rings. The summed E-state index contributed by atoms with van der Waals surface area (Å²) in [7, 11) is 3.24. The van der Waals surface area contributed by atoms with Crippen LogP contribution in [0.5, 0.6) is 11.5 Å². The van der Waals surface area contributed by atoms with Gasteiger partial charge in [0.05, 0.1) is 26.3 Å². The van der Waals surface area contributed by atoms with Crippen molar-refractivity contribution in [2.45, 2.75) is 45.3 Å². The Balaban J connectivity index is 2.03. The predicted molar refractivity (Wildman–Crippen MR) is 119 cm³/mol. The van der Waals surface area contributed by atoms with Crippen LogP contribution in [-0.2, 0) is 13.0 Å². The molecule has 0 aliphatic carbocycles. The molecule has 1 heterocycles. The number of hydrogen-bond donors (Lipinski definition) is 2. The fraction of sp³-hybridized carbons (Fsp3) is 0.458. The summed E-state index contributed by atoms with van der Waals surface area (Å²) < 4.78 is 25.5. The van der Waals surface area contributed by atoms with Crippen molar-refractivity contribution >= 4 is 6.03 Å². The van der Waals surface area contributed by atoms with E-state index in [1.54, 1.807) is 20.3 Å². The number of carbonyl (C=O) groups is 1. The average molecular weight is 430 g/mol. The van der Waals surface area contributed by atoms with Gasteiger partial charge in [-0.25, -0.2) is 9.18 Å². The Bertz CT molecular complexity index is 906. The number of nitrogens with one attached hydrogen (secondary N) is 2. The standard InChI is InChI=1S/C24H32FN3O3/c1-5-20(27-24(29)26-6-2)23-18-14-22(31-4)21(30-3)13-16(18)11-12-28(23)15-17-9-7-8-10-19(17)25/h7-10,13-14,20,23H,5-6,11-12,15H2,1-4H3,(H2,26,27,29)/t20-,23-/m1/s1. The predicted octanol–water partition coefficient (Wildman–Crippen LogP) is 4.04. The topological polar surface area (TPSA) is 62.8 Å². The number of benzene rings is 2. The monoisotopic (exact) mass is 429 g/mol. The lowest BCUT2D eigenvalue weighted by molar-refractivity contribution is 0.134. The minimum atomic E-state index is -0.218. The number of ether oxygens (including phenoxy) is 2. The van der Waals surface area contributed by atoms with Crippen molar-refractivity contribution in [3.8, 4) is 11.5 Å². The Hall–Kier alpha value is -2.80. The summed E-state index contributed by atoms with van der Waals surface area (Å²) in [5, 5.41) is 5.93. The van der Waals surface area contributed by atoms with Gasteiger partial charge in [-0.2, -0.15) is 0 Å². The summed E-state index contributed by atoms with van der Waals surface area (Å²) in [6.07, 6.45) is 1.53. The fourth-order valence-electron chi connectivity index (χ4n) is 4.31. The van der Waals surface area contributed by atoms with Crippen molar-refractivity contribution in [2.75, 3.05) is 27.3 Å². The highest BCUT2D eigenvalue weighted by molar-refractivity contribution is 5.74. The van der Waals surface area contributed by atoms with Gasteiger partial charge in [-0.15, -0.1) is 0 Å². The number of methoxy groups -OCH3 is 2. The van der Waals surface area contributed by atoms with Crippen LogP contribution in [0.25, 0.3) is 0 Å². The van der Waals surface area contributed by atoms with E-state index in [0.717, 1.165) is 30.5 Å². The van der Waals surface area contributed by atoms with Crippen molar-refractivity contribution in [3.05, 3.63) is 58.9 Å². The molecule has 3 rings (SSSR count). The summed E-state index contributed by atoms with van der Waals surface area (Å²) in [6, 6.07) is 10.4. The van der Waals surface area contributed by atoms with Gasteiger partial charge in [0.1, 0.15) is 5.82 Å². The second-order valence-corrected chi connectivity index (χ2v) is 7.68. The molecule has 2 aromatic rings. The highest BCUT2D eigenvalue weighted by Crippen LogP contribution is 2.40. The van der Waals surface area contributed by atoms with E-state index in [1.165, 1.54) is 6.07 Å². The van der Waals surface area contributed by atoms with E-state index in [0.29, 0.717) is 30.2 Å². The summed E-state index contributed by atoms with van der Waals surface area (Å²) in [5.41, 5.74) is 2.87. The third-order valence-electron chi connectivity index (χ3n) is 5.83. The number of amides is 2. The number of nitrogens with zero attached hydrogens (tertiary/aromatic N) is 1. The summed E-state index contributed by atoms with van der Waals surface area (Å²) >= 11 is 0. The van der Waals surface area contributed by atoms with Crippen molar-refractivity contribution in [2.24, 2.45) is 0 Å². The maximum atomic E-state index is 14.4. The van der Waals surface area contributed by atoms with E-state index in [-0.39, 0.29) is 23.9 Å². The van der Waals surface area contributed by atoms with Crippen LogP contribution in [0.15, 0.2) is 36.4 Å². The molecule has 0 saturated carbocycles. The average Bonchev–Trinajstić information content (AvgIpc) is 2.78. The van der Waals surface area contributed by atoms with Crippen molar-refractivity contribution < 1.29 is 18.7 Å². The lowest BCUT2D eigenvalue weighted by Crippen LogP contribution is -2.51. The molecule has 31 heavy (non-hydrogen) atoms. The maximum Gasteiger partial charge on any atom is 0.315 e. The van der Waals surface area contributed by atoms with Gasteiger partial charge in [0, 0.05) is 25.2 Å². The molecule has 2 atom stereocenters. The number of rotatable bonds is 8. The molecule has 0 aromatic heterocycles. The van der Waals surface area contributed by atoms with E-state index in [2.05, 4.69) is 15.5 Å². The minimum Gasteiger partial charge on any atom is -0.493 e. The zero-order valence-electron chi connectivity index (χ0n) is 18.7. The van der Waals surface area contributed by atoms with Crippen LogP contribution in [0.4, 0.5) is 9.18 Å². The molecule has 168 valence electrons. The van der Waals surface area contributed by atoms with Gasteiger partial charge >= 0.3 is 6.03 Å². The first-order chi connectivity index (χ1) is 15.0. The van der Waals surface area contributed by atoms with E-state index >= 15 is 0 Å². The molecule has 2 amide bonds. The second kappa shape index (κ2) is 10.5. The third-order valence-corrected chi connectivity index (χ3v) is 5.83. The zero-order chi connectivity index (χ0) is 22.4. The van der Waals surface area contributed by atoms with E-state index < -0.39 is 0 Å². The van der Waals surface area contributed by atoms with E-state index in [9.17, 15) is 9.18 Å². The number of fused-ring (bicyclic) bond motifs is 1. The van der Waals surface area contributed by atoms with Crippen LogP contribution >= 0.6 is 0 Å². The van der Waals surface area contributed by atoms with E-state index in [4.69, 9.17) is 9.47 Å². The highest BCUT2D eigenvalue weighted by atomic mass is 19.1. The van der Waals surface area contributed by atoms with Gasteiger partial charge in [0.25, 0.3) is 0 Å². The molecule has 2 N–H and O–H groups in total. The molecule has 0 radical (unpaired) electrons. The number of hydrogen-bond acceptors (Lipinski definition) is 4. The first kappa shape index (κ1) is 22.9. The van der Waals surface area contributed by atoms with Crippen LogP contribution in [-0.4, -0.2) is 44.3 Å². The lowest BCUT2D eigenvalue weighted by atomic mass is 9.86. The summed E-state index contributed by atoms with van der Waals surface area (Å²) in [6.45, 7) is 5.69. The SMILES string of the molecule is CCNC(=O)N[C@H](CC)[C@H]1c2cc(OC)c(OC)cc2CCN1Cc1ccccc1F. The number of carbonyl (C=O) groups excluding carboxylic acids is 1. The Morgan fingerprint density at radius 2 is 1.90 bits per heavy atom. The Kier molecular flexibility index (Phi) is 7.74. The van der Waals surface area contributed by atoms with Gasteiger partial charge in [0.2, 0.25) is 0 Å². The van der Waals surface area contributed by atoms with Gasteiger partial charge in [-0.3, -0.25) is 4.90 Å². The van der Waals surface area contributed by atoms with Crippen LogP contribution in [0, 0.1) is 5.82 Å². The molecule has 2 aromatic carbocycles. The Morgan fingerprint density at radius 3 is 2.55 bits per heavy atom. The molecular weight excluding hydrogens is 397 g/mol. The van der Waals surface area contributed by atoms with Crippen LogP contribution in [0.2, 0.25) is 0 Å². The Labute approximate surface area is 183 Å². The van der Waals surface area contributed by atoms with Crippen molar-refractivity contribution in [1.29, 1.82) is 0 Å². The molecule has 0 spiro atoms. The number of halogens is 1. The highest BCUT2D eigenvalue weighted by Gasteiger charge is 2.35. The zero-order valence-corrected chi connectivity index (χ0v) is 18.7. The minimum absolute atomic E-state index is 0.129. The lowest BCUT2D eigenvalue weighted by Gasteiger charge is -2.42. The van der Waals surface area contributed by atoms with Gasteiger partial charge in [0.15, 0.2) is 11.5 Å². The van der Waals surface area contributed by atoms with Crippen LogP contribution < -0.4 is 20.1 Å². The van der Waals surface area contributed by atoms with Gasteiger partial charge in [-0.05, 0) is 49.1 Å². The molecule has 1 aliphatic heterocycles. The Morgan fingerprint density at radius 1 is 1.19 bits per heavy atom. The normalized spacial score (nSPS) is 16.9. The molecule has 7 heteroatoms. The third kappa shape index (κ3) is 5.10. The van der Waals surface area contributed by atoms with Crippen molar-refractivity contribution in [3.63, 3.8) is 0 Å². The smallest absolute Gasteiger partial charge is 0.315 e. The summed E-state index contributed by atoms with van der Waals surface area (Å²) in [4.78, 5) is 14.6. The summed E-state index contributed by atoms with van der Waals surface area (Å²) in [5.74, 6) is 1.11. The molecular formula is C24H32FN3O3. The fourth-order valence-corrected chi connectivity index (χ4v) is 4.31. The van der Waals surface area contributed by atoms with Crippen molar-refractivity contribution in [1.82, 2.24) is 15.5 Å². The molecule has 0 bridgehead atoms. The van der Waals surface area contributed by atoms with Gasteiger partial charge in [-0.1, -0.05) is 25.1 Å².